The predicted octanol–water partition coefficient (Wildman–Crippen LogP) is 2.85. The third-order valence-corrected chi connectivity index (χ3v) is 5.22. The van der Waals surface area contributed by atoms with E-state index in [0.717, 1.165) is 41.7 Å². The number of hydrogen-bond acceptors (Lipinski definition) is 8. The van der Waals surface area contributed by atoms with Crippen molar-refractivity contribution in [2.75, 3.05) is 32.8 Å². The number of anilines is 1. The highest BCUT2D eigenvalue weighted by atomic mass is 16.5. The van der Waals surface area contributed by atoms with Crippen LogP contribution in [0.1, 0.15) is 12.8 Å². The van der Waals surface area contributed by atoms with Crippen LogP contribution in [0.4, 0.5) is 5.82 Å². The summed E-state index contributed by atoms with van der Waals surface area (Å²) in [4.78, 5) is 18.6. The Balaban J connectivity index is 1.71. The number of carbonyl (C=O) groups is 1. The first-order valence-electron chi connectivity index (χ1n) is 9.34. The Morgan fingerprint density at radius 1 is 1.10 bits per heavy atom. The van der Waals surface area contributed by atoms with E-state index in [2.05, 4.69) is 15.2 Å². The lowest BCUT2D eigenvalue weighted by atomic mass is 10.0. The van der Waals surface area contributed by atoms with Crippen molar-refractivity contribution in [2.45, 2.75) is 18.9 Å². The van der Waals surface area contributed by atoms with Gasteiger partial charge in [-0.05, 0) is 31.0 Å². The maximum Gasteiger partial charge on any atom is 0.328 e. The quantitative estimate of drug-likeness (QED) is 0.611. The minimum atomic E-state index is -0.279. The number of methoxy groups -OCH3 is 3. The Morgan fingerprint density at radius 2 is 1.90 bits per heavy atom. The second-order valence-electron chi connectivity index (χ2n) is 6.76. The van der Waals surface area contributed by atoms with Gasteiger partial charge in [0.15, 0.2) is 11.5 Å². The second kappa shape index (κ2) is 7.90. The Labute approximate surface area is 168 Å². The topological polar surface area (TPSA) is 86.7 Å². The molecule has 29 heavy (non-hydrogen) atoms. The molecule has 0 amide bonds. The third-order valence-electron chi connectivity index (χ3n) is 5.22. The van der Waals surface area contributed by atoms with Gasteiger partial charge in [-0.1, -0.05) is 0 Å². The van der Waals surface area contributed by atoms with Gasteiger partial charge in [-0.25, -0.2) is 9.78 Å². The highest BCUT2D eigenvalue weighted by molar-refractivity contribution is 5.95. The number of hydrogen-bond donors (Lipinski definition) is 0. The fourth-order valence-electron chi connectivity index (χ4n) is 3.75. The van der Waals surface area contributed by atoms with Crippen LogP contribution in [-0.2, 0) is 9.53 Å². The van der Waals surface area contributed by atoms with Crippen molar-refractivity contribution in [3.63, 3.8) is 0 Å². The molecule has 0 unspecified atom stereocenters. The number of benzene rings is 1. The smallest absolute Gasteiger partial charge is 0.328 e. The van der Waals surface area contributed by atoms with Crippen LogP contribution in [0.2, 0.25) is 0 Å². The van der Waals surface area contributed by atoms with E-state index in [1.807, 2.05) is 23.1 Å². The zero-order chi connectivity index (χ0) is 20.4. The van der Waals surface area contributed by atoms with E-state index in [1.54, 1.807) is 32.7 Å². The van der Waals surface area contributed by atoms with Crippen LogP contribution in [-0.4, -0.2) is 55.1 Å². The fraction of sp³-hybridized carbons (Fsp3) is 0.333. The molecule has 3 heterocycles. The molecule has 4 rings (SSSR count). The van der Waals surface area contributed by atoms with Gasteiger partial charge in [0.05, 0.1) is 33.0 Å². The van der Waals surface area contributed by atoms with Crippen LogP contribution >= 0.6 is 0 Å². The van der Waals surface area contributed by atoms with Gasteiger partial charge in [0.2, 0.25) is 0 Å². The van der Waals surface area contributed by atoms with Crippen molar-refractivity contribution in [2.24, 2.45) is 0 Å². The molecule has 1 aliphatic heterocycles. The SMILES string of the molecule is COC(=O)[C@@H]1CCCN1c1ccc(-c2cnnc3cc(OC)c(OC)cc23)cn1. The molecule has 3 aromatic rings. The van der Waals surface area contributed by atoms with Crippen LogP contribution in [0, 0.1) is 0 Å². The average molecular weight is 394 g/mol. The Morgan fingerprint density at radius 3 is 2.59 bits per heavy atom. The molecule has 2 aromatic heterocycles. The van der Waals surface area contributed by atoms with E-state index in [9.17, 15) is 4.79 Å². The van der Waals surface area contributed by atoms with Gasteiger partial charge < -0.3 is 19.1 Å². The van der Waals surface area contributed by atoms with Gasteiger partial charge in [-0.15, -0.1) is 0 Å². The Hall–Kier alpha value is -3.42. The minimum Gasteiger partial charge on any atom is -0.493 e. The van der Waals surface area contributed by atoms with Crippen LogP contribution in [0.25, 0.3) is 22.0 Å². The van der Waals surface area contributed by atoms with E-state index in [0.29, 0.717) is 17.0 Å². The summed E-state index contributed by atoms with van der Waals surface area (Å²) >= 11 is 0. The lowest BCUT2D eigenvalue weighted by Gasteiger charge is -2.23. The molecule has 1 fully saturated rings. The lowest BCUT2D eigenvalue weighted by Crippen LogP contribution is -2.37. The van der Waals surface area contributed by atoms with Crippen LogP contribution < -0.4 is 14.4 Å². The first-order chi connectivity index (χ1) is 14.2. The normalized spacial score (nSPS) is 16.1. The van der Waals surface area contributed by atoms with Gasteiger partial charge in [-0.2, -0.15) is 10.2 Å². The standard InChI is InChI=1S/C21H22N4O4/c1-27-18-9-14-15(12-23-24-16(14)10-19(18)28-2)13-6-7-20(22-11-13)25-8-4-5-17(25)21(26)29-3/h6-7,9-12,17H,4-5,8H2,1-3H3/t17-/m0/s1. The van der Waals surface area contributed by atoms with E-state index in [4.69, 9.17) is 14.2 Å². The zero-order valence-electron chi connectivity index (χ0n) is 16.6. The van der Waals surface area contributed by atoms with Gasteiger partial charge in [0.1, 0.15) is 11.9 Å². The first kappa shape index (κ1) is 18.9. The molecule has 0 spiro atoms. The molecule has 1 aromatic carbocycles. The predicted molar refractivity (Wildman–Crippen MR) is 108 cm³/mol. The molecule has 1 atom stereocenters. The van der Waals surface area contributed by atoms with E-state index >= 15 is 0 Å². The van der Waals surface area contributed by atoms with E-state index < -0.39 is 0 Å². The first-order valence-corrected chi connectivity index (χ1v) is 9.34. The van der Waals surface area contributed by atoms with Crippen LogP contribution in [0.5, 0.6) is 11.5 Å². The van der Waals surface area contributed by atoms with E-state index in [-0.39, 0.29) is 12.0 Å². The summed E-state index contributed by atoms with van der Waals surface area (Å²) in [5.74, 6) is 1.76. The monoisotopic (exact) mass is 394 g/mol. The van der Waals surface area contributed by atoms with Crippen molar-refractivity contribution >= 4 is 22.7 Å². The molecule has 0 saturated carbocycles. The maximum absolute atomic E-state index is 12.0. The van der Waals surface area contributed by atoms with Crippen LogP contribution in [0.3, 0.4) is 0 Å². The molecule has 0 aliphatic carbocycles. The Kier molecular flexibility index (Phi) is 5.16. The van der Waals surface area contributed by atoms with Gasteiger partial charge in [0.25, 0.3) is 0 Å². The molecule has 0 bridgehead atoms. The lowest BCUT2D eigenvalue weighted by molar-refractivity contribution is -0.141. The third kappa shape index (κ3) is 3.41. The largest absolute Gasteiger partial charge is 0.493 e. The Bertz CT molecular complexity index is 1040. The molecule has 1 saturated heterocycles. The number of ether oxygens (including phenoxy) is 3. The molecular formula is C21H22N4O4. The molecule has 1 aliphatic rings. The molecular weight excluding hydrogens is 372 g/mol. The van der Waals surface area contributed by atoms with Crippen LogP contribution in [0.15, 0.2) is 36.7 Å². The summed E-state index contributed by atoms with van der Waals surface area (Å²) in [6.45, 7) is 0.781. The number of rotatable bonds is 5. The van der Waals surface area contributed by atoms with Crippen molar-refractivity contribution in [3.05, 3.63) is 36.7 Å². The summed E-state index contributed by atoms with van der Waals surface area (Å²) in [6.07, 6.45) is 5.20. The summed E-state index contributed by atoms with van der Waals surface area (Å²) in [5.41, 5.74) is 2.49. The molecule has 8 heteroatoms. The highest BCUT2D eigenvalue weighted by Crippen LogP contribution is 2.36. The molecule has 8 nitrogen and oxygen atoms in total. The fourth-order valence-corrected chi connectivity index (χ4v) is 3.75. The number of esters is 1. The average Bonchev–Trinajstić information content (AvgIpc) is 3.27. The van der Waals surface area contributed by atoms with E-state index in [1.165, 1.54) is 7.11 Å². The van der Waals surface area contributed by atoms with Gasteiger partial charge in [-0.3, -0.25) is 0 Å². The van der Waals surface area contributed by atoms with Gasteiger partial charge >= 0.3 is 5.97 Å². The summed E-state index contributed by atoms with van der Waals surface area (Å²) in [6, 6.07) is 7.31. The number of nitrogens with zero attached hydrogens (tertiary/aromatic N) is 4. The number of carbonyl (C=O) groups excluding carboxylic acids is 1. The highest BCUT2D eigenvalue weighted by Gasteiger charge is 2.32. The minimum absolute atomic E-state index is 0.223. The summed E-state index contributed by atoms with van der Waals surface area (Å²) < 4.78 is 15.7. The molecule has 150 valence electrons. The maximum atomic E-state index is 12.0. The van der Waals surface area contributed by atoms with Crippen molar-refractivity contribution in [3.8, 4) is 22.6 Å². The van der Waals surface area contributed by atoms with Crippen molar-refractivity contribution in [1.29, 1.82) is 0 Å². The summed E-state index contributed by atoms with van der Waals surface area (Å²) in [5, 5.41) is 9.22. The van der Waals surface area contributed by atoms with Gasteiger partial charge in [0, 0.05) is 35.3 Å². The zero-order valence-corrected chi connectivity index (χ0v) is 16.6. The molecule has 0 radical (unpaired) electrons. The van der Waals surface area contributed by atoms with Crippen molar-refractivity contribution < 1.29 is 19.0 Å². The van der Waals surface area contributed by atoms with Crippen molar-refractivity contribution in [1.82, 2.24) is 15.2 Å². The second-order valence-corrected chi connectivity index (χ2v) is 6.76. The number of pyridine rings is 1. The molecule has 0 N–H and O–H groups in total. The number of aromatic nitrogens is 3. The summed E-state index contributed by atoms with van der Waals surface area (Å²) in [7, 11) is 4.60. The number of fused-ring (bicyclic) bond motifs is 1.